The van der Waals surface area contributed by atoms with Crippen molar-refractivity contribution in [3.05, 3.63) is 23.7 Å². The van der Waals surface area contributed by atoms with Gasteiger partial charge in [0.1, 0.15) is 6.26 Å². The second-order valence-electron chi connectivity index (χ2n) is 3.10. The molecule has 0 bridgehead atoms. The molecule has 0 spiro atoms. The summed E-state index contributed by atoms with van der Waals surface area (Å²) in [6.07, 6.45) is -4.30. The number of hydrogen-bond acceptors (Lipinski definition) is 3. The highest BCUT2D eigenvalue weighted by atomic mass is 19.4. The van der Waals surface area contributed by atoms with Gasteiger partial charge < -0.3 is 14.8 Å². The van der Waals surface area contributed by atoms with Crippen molar-refractivity contribution >= 4 is 11.9 Å². The highest BCUT2D eigenvalue weighted by molar-refractivity contribution is 5.94. The van der Waals surface area contributed by atoms with E-state index in [-0.39, 0.29) is 18.5 Å². The second-order valence-corrected chi connectivity index (χ2v) is 3.10. The van der Waals surface area contributed by atoms with Gasteiger partial charge in [-0.25, -0.2) is 0 Å². The maximum atomic E-state index is 12.1. The van der Waals surface area contributed by atoms with E-state index in [9.17, 15) is 22.8 Å². The van der Waals surface area contributed by atoms with Crippen molar-refractivity contribution in [3.63, 3.8) is 0 Å². The molecule has 0 unspecified atom stereocenters. The van der Waals surface area contributed by atoms with Gasteiger partial charge in [-0.3, -0.25) is 9.59 Å². The fourth-order valence-electron chi connectivity index (χ4n) is 0.989. The van der Waals surface area contributed by atoms with Crippen LogP contribution in [0.4, 0.5) is 13.2 Å². The molecule has 0 aliphatic rings. The number of aliphatic carboxylic acids is 1. The van der Waals surface area contributed by atoms with Crippen LogP contribution in [-0.2, 0) is 11.0 Å². The zero-order valence-corrected chi connectivity index (χ0v) is 8.37. The number of carbonyl (C=O) groups excluding carboxylic acids is 1. The van der Waals surface area contributed by atoms with Gasteiger partial charge in [-0.15, -0.1) is 0 Å². The normalized spacial score (nSPS) is 11.2. The largest absolute Gasteiger partial charge is 0.481 e. The molecule has 1 aromatic rings. The van der Waals surface area contributed by atoms with E-state index in [0.717, 1.165) is 0 Å². The molecule has 0 aliphatic heterocycles. The number of alkyl halides is 3. The summed E-state index contributed by atoms with van der Waals surface area (Å²) in [5.41, 5.74) is -0.303. The Balaban J connectivity index is 2.58. The van der Waals surface area contributed by atoms with Gasteiger partial charge in [-0.2, -0.15) is 13.2 Å². The van der Waals surface area contributed by atoms with Crippen molar-refractivity contribution in [1.29, 1.82) is 0 Å². The van der Waals surface area contributed by atoms with E-state index in [1.165, 1.54) is 0 Å². The maximum absolute atomic E-state index is 12.1. The summed E-state index contributed by atoms with van der Waals surface area (Å²) in [7, 11) is 0. The van der Waals surface area contributed by atoms with Gasteiger partial charge in [0.15, 0.2) is 0 Å². The first kappa shape index (κ1) is 13.1. The van der Waals surface area contributed by atoms with E-state index < -0.39 is 23.8 Å². The Morgan fingerprint density at radius 2 is 2.06 bits per heavy atom. The molecule has 94 valence electrons. The lowest BCUT2D eigenvalue weighted by Crippen LogP contribution is -2.25. The highest BCUT2D eigenvalue weighted by Gasteiger charge is 2.35. The van der Waals surface area contributed by atoms with E-state index in [1.807, 2.05) is 0 Å². The van der Waals surface area contributed by atoms with Crippen molar-refractivity contribution in [2.45, 2.75) is 12.6 Å². The summed E-state index contributed by atoms with van der Waals surface area (Å²) in [5.74, 6) is -3.21. The van der Waals surface area contributed by atoms with E-state index in [0.29, 0.717) is 12.3 Å². The summed E-state index contributed by atoms with van der Waals surface area (Å²) in [6.45, 7) is -0.166. The molecule has 1 amide bonds. The molecule has 0 radical (unpaired) electrons. The maximum Gasteiger partial charge on any atom is 0.449 e. The molecule has 2 N–H and O–H groups in total. The first-order chi connectivity index (χ1) is 7.80. The number of halogens is 3. The lowest BCUT2D eigenvalue weighted by molar-refractivity contribution is -0.153. The summed E-state index contributed by atoms with van der Waals surface area (Å²) >= 11 is 0. The fourth-order valence-corrected chi connectivity index (χ4v) is 0.989. The first-order valence-electron chi connectivity index (χ1n) is 4.46. The van der Waals surface area contributed by atoms with Crippen molar-refractivity contribution in [2.24, 2.45) is 0 Å². The molecule has 1 rings (SSSR count). The molecule has 17 heavy (non-hydrogen) atoms. The highest BCUT2D eigenvalue weighted by Crippen LogP contribution is 2.30. The van der Waals surface area contributed by atoms with Crippen molar-refractivity contribution in [2.75, 3.05) is 6.54 Å². The predicted molar refractivity (Wildman–Crippen MR) is 48.3 cm³/mol. The zero-order chi connectivity index (χ0) is 13.1. The van der Waals surface area contributed by atoms with Crippen LogP contribution in [0.15, 0.2) is 16.7 Å². The Kier molecular flexibility index (Phi) is 3.77. The number of rotatable bonds is 4. The summed E-state index contributed by atoms with van der Waals surface area (Å²) in [4.78, 5) is 21.4. The Morgan fingerprint density at radius 3 is 2.53 bits per heavy atom. The molecular formula is C9H8F3NO4. The standard InChI is InChI=1S/C9H8F3NO4/c10-9(11,12)6-3-5(4-17-6)8(16)13-2-1-7(14)15/h3-4H,1-2H2,(H,13,16)(H,14,15). The third-order valence-corrected chi connectivity index (χ3v) is 1.77. The molecule has 0 saturated carbocycles. The molecule has 0 aromatic carbocycles. The monoisotopic (exact) mass is 251 g/mol. The first-order valence-corrected chi connectivity index (χ1v) is 4.46. The molecule has 0 fully saturated rings. The number of carboxylic acid groups (broad SMARTS) is 1. The minimum atomic E-state index is -4.65. The molecule has 0 aliphatic carbocycles. The second kappa shape index (κ2) is 4.89. The van der Waals surface area contributed by atoms with Crippen molar-refractivity contribution in [1.82, 2.24) is 5.32 Å². The van der Waals surface area contributed by atoms with Crippen LogP contribution in [-0.4, -0.2) is 23.5 Å². The molecule has 1 aromatic heterocycles. The molecule has 8 heteroatoms. The van der Waals surface area contributed by atoms with Gasteiger partial charge in [0.25, 0.3) is 5.91 Å². The average molecular weight is 251 g/mol. The van der Waals surface area contributed by atoms with Crippen molar-refractivity contribution < 1.29 is 32.3 Å². The number of nitrogens with one attached hydrogen (secondary N) is 1. The van der Waals surface area contributed by atoms with Gasteiger partial charge in [-0.1, -0.05) is 0 Å². The molecule has 5 nitrogen and oxygen atoms in total. The number of amides is 1. The summed E-state index contributed by atoms with van der Waals surface area (Å²) in [6, 6.07) is 0.552. The fraction of sp³-hybridized carbons (Fsp3) is 0.333. The van der Waals surface area contributed by atoms with E-state index in [2.05, 4.69) is 9.73 Å². The Bertz CT molecular complexity index is 424. The molecular weight excluding hydrogens is 243 g/mol. The Hall–Kier alpha value is -1.99. The quantitative estimate of drug-likeness (QED) is 0.849. The minimum absolute atomic E-state index is 0.166. The van der Waals surface area contributed by atoms with Crippen LogP contribution in [0.3, 0.4) is 0 Å². The third kappa shape index (κ3) is 3.82. The van der Waals surface area contributed by atoms with Crippen molar-refractivity contribution in [3.8, 4) is 0 Å². The SMILES string of the molecule is O=C(O)CCNC(=O)c1coc(C(F)(F)F)c1. The lowest BCUT2D eigenvalue weighted by Gasteiger charge is -2.00. The minimum Gasteiger partial charge on any atom is -0.481 e. The average Bonchev–Trinajstić information content (AvgIpc) is 2.64. The van der Waals surface area contributed by atoms with Crippen LogP contribution >= 0.6 is 0 Å². The zero-order valence-electron chi connectivity index (χ0n) is 8.37. The van der Waals surface area contributed by atoms with E-state index >= 15 is 0 Å². The molecule has 0 atom stereocenters. The van der Waals surface area contributed by atoms with Crippen LogP contribution in [0, 0.1) is 0 Å². The summed E-state index contributed by atoms with van der Waals surface area (Å²) in [5, 5.41) is 10.4. The van der Waals surface area contributed by atoms with Gasteiger partial charge in [0, 0.05) is 12.6 Å². The van der Waals surface area contributed by atoms with Gasteiger partial charge >= 0.3 is 12.1 Å². The van der Waals surface area contributed by atoms with Crippen LogP contribution in [0.2, 0.25) is 0 Å². The van der Waals surface area contributed by atoms with E-state index in [4.69, 9.17) is 5.11 Å². The lowest BCUT2D eigenvalue weighted by atomic mass is 10.3. The van der Waals surface area contributed by atoms with Gasteiger partial charge in [0.05, 0.1) is 12.0 Å². The van der Waals surface area contributed by atoms with Crippen LogP contribution in [0.25, 0.3) is 0 Å². The molecule has 1 heterocycles. The number of hydrogen-bond donors (Lipinski definition) is 2. The predicted octanol–water partition coefficient (Wildman–Crippen LogP) is 1.50. The van der Waals surface area contributed by atoms with E-state index in [1.54, 1.807) is 0 Å². The Morgan fingerprint density at radius 1 is 1.41 bits per heavy atom. The van der Waals surface area contributed by atoms with Crippen LogP contribution in [0.5, 0.6) is 0 Å². The topological polar surface area (TPSA) is 79.5 Å². The smallest absolute Gasteiger partial charge is 0.449 e. The summed E-state index contributed by atoms with van der Waals surface area (Å²) < 4.78 is 40.5. The Labute approximate surface area is 93.2 Å². The van der Waals surface area contributed by atoms with Crippen LogP contribution < -0.4 is 5.32 Å². The van der Waals surface area contributed by atoms with Gasteiger partial charge in [-0.05, 0) is 0 Å². The molecule has 0 saturated heterocycles. The van der Waals surface area contributed by atoms with Gasteiger partial charge in [0.2, 0.25) is 5.76 Å². The van der Waals surface area contributed by atoms with Crippen LogP contribution in [0.1, 0.15) is 22.5 Å². The number of carbonyl (C=O) groups is 2. The third-order valence-electron chi connectivity index (χ3n) is 1.77. The number of carboxylic acids is 1. The number of furan rings is 1.